The van der Waals surface area contributed by atoms with Gasteiger partial charge in [-0.3, -0.25) is 9.36 Å². The normalized spacial score (nSPS) is 16.0. The number of nitrogens with zero attached hydrogens (tertiary/aromatic N) is 1. The molecule has 0 rings (SSSR count). The summed E-state index contributed by atoms with van der Waals surface area (Å²) in [7, 11) is 1.24. The molecule has 0 spiro atoms. The van der Waals surface area contributed by atoms with Crippen LogP contribution in [0.5, 0.6) is 0 Å². The number of phosphoric ester groups is 1. The van der Waals surface area contributed by atoms with Crippen molar-refractivity contribution in [3.05, 3.63) is 24.3 Å². The van der Waals surface area contributed by atoms with Crippen LogP contribution >= 0.6 is 7.82 Å². The number of unbranched alkanes of at least 4 members (excludes halogenated alkanes) is 7. The first-order valence-electron chi connectivity index (χ1n) is 13.2. The van der Waals surface area contributed by atoms with Crippen LogP contribution in [-0.2, 0) is 18.4 Å². The van der Waals surface area contributed by atoms with Crippen molar-refractivity contribution in [3.8, 4) is 0 Å². The van der Waals surface area contributed by atoms with Gasteiger partial charge in [0.15, 0.2) is 0 Å². The van der Waals surface area contributed by atoms with Crippen molar-refractivity contribution >= 4 is 13.7 Å². The van der Waals surface area contributed by atoms with Gasteiger partial charge in [-0.05, 0) is 32.1 Å². The minimum absolute atomic E-state index is 0.00468. The summed E-state index contributed by atoms with van der Waals surface area (Å²) < 4.78 is 22.6. The molecule has 0 aliphatic carbocycles. The number of aliphatic hydroxyl groups is 1. The lowest BCUT2D eigenvalue weighted by Gasteiger charge is -2.29. The zero-order valence-electron chi connectivity index (χ0n) is 22.7. The summed E-state index contributed by atoms with van der Waals surface area (Å²) in [6.07, 6.45) is 17.3. The number of allylic oxidation sites excluding steroid dienone is 3. The van der Waals surface area contributed by atoms with Crippen molar-refractivity contribution in [1.82, 2.24) is 5.32 Å². The Bertz CT molecular complexity index is 648. The highest BCUT2D eigenvalue weighted by Gasteiger charge is 2.23. The molecule has 0 aliphatic rings. The zero-order chi connectivity index (χ0) is 26.6. The zero-order valence-corrected chi connectivity index (χ0v) is 23.6. The molecule has 8 nitrogen and oxygen atoms in total. The minimum atomic E-state index is -4.54. The first-order chi connectivity index (χ1) is 16.5. The van der Waals surface area contributed by atoms with Gasteiger partial charge in [0.2, 0.25) is 5.91 Å². The summed E-state index contributed by atoms with van der Waals surface area (Å²) >= 11 is 0. The molecule has 206 valence electrons. The van der Waals surface area contributed by atoms with Gasteiger partial charge in [0.25, 0.3) is 7.82 Å². The molecular weight excluding hydrogens is 467 g/mol. The first-order valence-corrected chi connectivity index (χ1v) is 14.7. The molecule has 35 heavy (non-hydrogen) atoms. The van der Waals surface area contributed by atoms with Crippen molar-refractivity contribution in [1.29, 1.82) is 0 Å². The van der Waals surface area contributed by atoms with Crippen molar-refractivity contribution < 1.29 is 32.9 Å². The topological polar surface area (TPSA) is 108 Å². The second-order valence-corrected chi connectivity index (χ2v) is 11.4. The second-order valence-electron chi connectivity index (χ2n) is 10.0. The minimum Gasteiger partial charge on any atom is -0.756 e. The smallest absolute Gasteiger partial charge is 0.268 e. The third kappa shape index (κ3) is 21.9. The fourth-order valence-corrected chi connectivity index (χ4v) is 3.88. The molecule has 3 unspecified atom stereocenters. The summed E-state index contributed by atoms with van der Waals surface area (Å²) in [5.41, 5.74) is 0. The third-order valence-electron chi connectivity index (χ3n) is 5.37. The van der Waals surface area contributed by atoms with Gasteiger partial charge in [-0.2, -0.15) is 0 Å². The van der Waals surface area contributed by atoms with Crippen molar-refractivity contribution in [2.45, 2.75) is 96.6 Å². The number of carbonyl (C=O) groups is 1. The van der Waals surface area contributed by atoms with E-state index in [0.717, 1.165) is 57.8 Å². The summed E-state index contributed by atoms with van der Waals surface area (Å²) in [6.45, 7) is 4.29. The van der Waals surface area contributed by atoms with Gasteiger partial charge in [0.1, 0.15) is 13.2 Å². The van der Waals surface area contributed by atoms with Crippen molar-refractivity contribution in [3.63, 3.8) is 0 Å². The largest absolute Gasteiger partial charge is 0.756 e. The first kappa shape index (κ1) is 34.0. The maximum atomic E-state index is 12.4. The standard InChI is InChI=1S/C26H51N2O6P/c1-6-8-10-11-12-13-14-15-16-18-20-26(30)27-24(25(29)19-17-9-7-2)23-34-35(31,32)33-22-21-28(3,4)5/h10-11,17,19,24-25,29H,6-9,12-16,18,20-23H2,1-5H3,(H-,27,30,31,32)/b11-10-,19-17+. The molecule has 9 heteroatoms. The molecule has 0 heterocycles. The Morgan fingerprint density at radius 1 is 0.971 bits per heavy atom. The molecule has 3 atom stereocenters. The molecule has 0 saturated carbocycles. The van der Waals surface area contributed by atoms with Crippen LogP contribution < -0.4 is 10.2 Å². The van der Waals surface area contributed by atoms with Crippen molar-refractivity contribution in [2.75, 3.05) is 40.9 Å². The van der Waals surface area contributed by atoms with Crippen LogP contribution in [0.4, 0.5) is 0 Å². The molecule has 0 aromatic heterocycles. The fourth-order valence-electron chi connectivity index (χ4n) is 3.16. The Balaban J connectivity index is 4.53. The van der Waals surface area contributed by atoms with Gasteiger partial charge in [0.05, 0.1) is 39.9 Å². The average molecular weight is 519 g/mol. The molecule has 0 aromatic carbocycles. The van der Waals surface area contributed by atoms with Crippen LogP contribution in [0.1, 0.15) is 84.5 Å². The Labute approximate surface area is 214 Å². The molecule has 1 amide bonds. The van der Waals surface area contributed by atoms with Gasteiger partial charge in [-0.15, -0.1) is 0 Å². The average Bonchev–Trinajstić information content (AvgIpc) is 2.77. The van der Waals surface area contributed by atoms with Crippen LogP contribution in [0.2, 0.25) is 0 Å². The second kappa shape index (κ2) is 20.1. The Morgan fingerprint density at radius 3 is 2.23 bits per heavy atom. The monoisotopic (exact) mass is 518 g/mol. The van der Waals surface area contributed by atoms with E-state index in [1.54, 1.807) is 6.08 Å². The Hall–Kier alpha value is -1.02. The molecule has 0 saturated heterocycles. The van der Waals surface area contributed by atoms with E-state index in [1.165, 1.54) is 6.42 Å². The summed E-state index contributed by atoms with van der Waals surface area (Å²) in [4.78, 5) is 24.6. The summed E-state index contributed by atoms with van der Waals surface area (Å²) in [5.74, 6) is -0.226. The highest BCUT2D eigenvalue weighted by molar-refractivity contribution is 7.45. The van der Waals surface area contributed by atoms with Gasteiger partial charge in [-0.1, -0.05) is 70.3 Å². The maximum absolute atomic E-state index is 12.4. The molecular formula is C26H51N2O6P. The van der Waals surface area contributed by atoms with E-state index >= 15 is 0 Å². The van der Waals surface area contributed by atoms with E-state index < -0.39 is 20.0 Å². The quantitative estimate of drug-likeness (QED) is 0.0947. The Kier molecular flexibility index (Phi) is 19.5. The fraction of sp³-hybridized carbons (Fsp3) is 0.808. The number of carbonyl (C=O) groups excluding carboxylic acids is 1. The van der Waals surface area contributed by atoms with Crippen LogP contribution in [-0.4, -0.2) is 68.5 Å². The molecule has 0 aliphatic heterocycles. The number of rotatable bonds is 22. The number of hydrogen-bond donors (Lipinski definition) is 2. The number of quaternary nitrogens is 1. The lowest BCUT2D eigenvalue weighted by Crippen LogP contribution is -2.45. The lowest BCUT2D eigenvalue weighted by molar-refractivity contribution is -0.870. The number of aliphatic hydroxyl groups excluding tert-OH is 1. The van der Waals surface area contributed by atoms with E-state index in [2.05, 4.69) is 24.4 Å². The van der Waals surface area contributed by atoms with E-state index in [1.807, 2.05) is 34.1 Å². The van der Waals surface area contributed by atoms with E-state index in [-0.39, 0.29) is 19.1 Å². The van der Waals surface area contributed by atoms with E-state index in [0.29, 0.717) is 17.4 Å². The number of likely N-dealkylation sites (N-methyl/N-ethyl adjacent to an activating group) is 1. The van der Waals surface area contributed by atoms with E-state index in [4.69, 9.17) is 9.05 Å². The number of nitrogens with one attached hydrogen (secondary N) is 1. The van der Waals surface area contributed by atoms with Gasteiger partial charge >= 0.3 is 0 Å². The summed E-state index contributed by atoms with van der Waals surface area (Å²) in [6, 6.07) is -0.880. The molecule has 0 fully saturated rings. The third-order valence-corrected chi connectivity index (χ3v) is 6.33. The highest BCUT2D eigenvalue weighted by atomic mass is 31.2. The van der Waals surface area contributed by atoms with E-state index in [9.17, 15) is 19.4 Å². The number of phosphoric acid groups is 1. The van der Waals surface area contributed by atoms with Gasteiger partial charge < -0.3 is 28.8 Å². The number of amides is 1. The Morgan fingerprint density at radius 2 is 1.57 bits per heavy atom. The molecule has 0 bridgehead atoms. The van der Waals surface area contributed by atoms with Crippen LogP contribution in [0.15, 0.2) is 24.3 Å². The molecule has 0 radical (unpaired) electrons. The van der Waals surface area contributed by atoms with Gasteiger partial charge in [0, 0.05) is 6.42 Å². The van der Waals surface area contributed by atoms with Crippen molar-refractivity contribution in [2.24, 2.45) is 0 Å². The predicted octanol–water partition coefficient (Wildman–Crippen LogP) is 4.48. The van der Waals surface area contributed by atoms with Crippen LogP contribution in [0.3, 0.4) is 0 Å². The van der Waals surface area contributed by atoms with Crippen LogP contribution in [0, 0.1) is 0 Å². The highest BCUT2D eigenvalue weighted by Crippen LogP contribution is 2.38. The SMILES string of the molecule is CCC/C=C\CCCCCCCC(=O)NC(COP(=O)([O-])OCC[N+](C)(C)C)C(O)/C=C/CCC. The molecule has 2 N–H and O–H groups in total. The lowest BCUT2D eigenvalue weighted by atomic mass is 10.1. The maximum Gasteiger partial charge on any atom is 0.268 e. The van der Waals surface area contributed by atoms with Gasteiger partial charge in [-0.25, -0.2) is 0 Å². The molecule has 0 aromatic rings. The summed E-state index contributed by atoms with van der Waals surface area (Å²) in [5, 5.41) is 13.2. The van der Waals surface area contributed by atoms with Crippen LogP contribution in [0.25, 0.3) is 0 Å². The number of hydrogen-bond acceptors (Lipinski definition) is 6. The predicted molar refractivity (Wildman–Crippen MR) is 141 cm³/mol.